The third-order valence-electron chi connectivity index (χ3n) is 3.43. The lowest BCUT2D eigenvalue weighted by Crippen LogP contribution is -2.27. The van der Waals surface area contributed by atoms with Gasteiger partial charge in [-0.1, -0.05) is 45.4 Å². The fraction of sp³-hybridized carbons (Fsp3) is 0.600. The van der Waals surface area contributed by atoms with E-state index >= 15 is 0 Å². The second kappa shape index (κ2) is 7.61. The zero-order chi connectivity index (χ0) is 14.6. The van der Waals surface area contributed by atoms with E-state index in [1.165, 1.54) is 0 Å². The van der Waals surface area contributed by atoms with Gasteiger partial charge in [-0.3, -0.25) is 0 Å². The molecule has 1 N–H and O–H groups in total. The molecule has 2 atom stereocenters. The summed E-state index contributed by atoms with van der Waals surface area (Å²) in [7, 11) is 0. The first kappa shape index (κ1) is 16.9. The van der Waals surface area contributed by atoms with Crippen LogP contribution in [0.5, 0.6) is 0 Å². The molecule has 0 radical (unpaired) electrons. The number of hydrogen-bond donors (Lipinski definition) is 1. The molecular weight excluding hydrogens is 329 g/mol. The molecule has 1 rings (SSSR count). The molecule has 4 heteroatoms. The summed E-state index contributed by atoms with van der Waals surface area (Å²) in [5.41, 5.74) is 0.687. The van der Waals surface area contributed by atoms with Gasteiger partial charge in [-0.05, 0) is 58.4 Å². The highest BCUT2D eigenvalue weighted by Gasteiger charge is 2.20. The van der Waals surface area contributed by atoms with Gasteiger partial charge in [0, 0.05) is 4.47 Å². The van der Waals surface area contributed by atoms with Crippen molar-refractivity contribution in [2.45, 2.75) is 33.6 Å². The minimum atomic E-state index is -0.306. The van der Waals surface area contributed by atoms with Crippen molar-refractivity contribution in [2.24, 2.45) is 11.8 Å². The Labute approximate surface area is 129 Å². The molecule has 2 unspecified atom stereocenters. The predicted molar refractivity (Wildman–Crippen MR) is 84.4 cm³/mol. The molecule has 0 bridgehead atoms. The first-order valence-electron chi connectivity index (χ1n) is 6.68. The smallest absolute Gasteiger partial charge is 0.146 e. The van der Waals surface area contributed by atoms with Gasteiger partial charge in [0.05, 0.1) is 5.02 Å². The van der Waals surface area contributed by atoms with Gasteiger partial charge in [-0.25, -0.2) is 4.39 Å². The topological polar surface area (TPSA) is 12.0 Å². The highest BCUT2D eigenvalue weighted by atomic mass is 79.9. The second-order valence-corrected chi connectivity index (χ2v) is 6.81. The normalized spacial score (nSPS) is 14.7. The molecule has 0 saturated carbocycles. The standard InChI is InChI=1S/C15H22BrClFN/c1-9(2)7-19-8-10(3)11(4)12-5-6-13(16)14(17)15(12)18/h5-6,9-11,19H,7-8H2,1-4H3. The van der Waals surface area contributed by atoms with E-state index in [2.05, 4.69) is 42.0 Å². The van der Waals surface area contributed by atoms with E-state index in [0.29, 0.717) is 21.9 Å². The molecule has 0 aliphatic rings. The highest BCUT2D eigenvalue weighted by molar-refractivity contribution is 9.10. The summed E-state index contributed by atoms with van der Waals surface area (Å²) >= 11 is 9.18. The fourth-order valence-corrected chi connectivity index (χ4v) is 2.45. The van der Waals surface area contributed by atoms with E-state index in [1.54, 1.807) is 0 Å². The van der Waals surface area contributed by atoms with Crippen molar-refractivity contribution in [2.75, 3.05) is 13.1 Å². The van der Waals surface area contributed by atoms with E-state index in [0.717, 1.165) is 13.1 Å². The maximum Gasteiger partial charge on any atom is 0.146 e. The molecule has 0 aromatic heterocycles. The molecule has 0 fully saturated rings. The van der Waals surface area contributed by atoms with Crippen LogP contribution in [0.2, 0.25) is 5.02 Å². The van der Waals surface area contributed by atoms with Gasteiger partial charge in [0.15, 0.2) is 0 Å². The Morgan fingerprint density at radius 3 is 2.42 bits per heavy atom. The largest absolute Gasteiger partial charge is 0.316 e. The Balaban J connectivity index is 2.71. The lowest BCUT2D eigenvalue weighted by Gasteiger charge is -2.22. The monoisotopic (exact) mass is 349 g/mol. The van der Waals surface area contributed by atoms with Crippen molar-refractivity contribution in [3.63, 3.8) is 0 Å². The van der Waals surface area contributed by atoms with Gasteiger partial charge in [-0.15, -0.1) is 0 Å². The van der Waals surface area contributed by atoms with Gasteiger partial charge in [0.25, 0.3) is 0 Å². The van der Waals surface area contributed by atoms with Gasteiger partial charge >= 0.3 is 0 Å². The molecule has 0 aliphatic heterocycles. The molecule has 0 amide bonds. The van der Waals surface area contributed by atoms with E-state index in [9.17, 15) is 4.39 Å². The van der Waals surface area contributed by atoms with Crippen LogP contribution in [-0.2, 0) is 0 Å². The van der Waals surface area contributed by atoms with Crippen molar-refractivity contribution in [1.29, 1.82) is 0 Å². The molecular formula is C15H22BrClFN. The van der Waals surface area contributed by atoms with E-state index in [1.807, 2.05) is 19.1 Å². The van der Waals surface area contributed by atoms with Gasteiger partial charge in [0.1, 0.15) is 5.82 Å². The van der Waals surface area contributed by atoms with Crippen molar-refractivity contribution >= 4 is 27.5 Å². The summed E-state index contributed by atoms with van der Waals surface area (Å²) in [4.78, 5) is 0. The minimum Gasteiger partial charge on any atom is -0.316 e. The van der Waals surface area contributed by atoms with E-state index in [4.69, 9.17) is 11.6 Å². The zero-order valence-electron chi connectivity index (χ0n) is 11.9. The van der Waals surface area contributed by atoms with Crippen molar-refractivity contribution < 1.29 is 4.39 Å². The maximum absolute atomic E-state index is 14.1. The number of hydrogen-bond acceptors (Lipinski definition) is 1. The molecule has 0 heterocycles. The number of rotatable bonds is 6. The molecule has 0 spiro atoms. The Morgan fingerprint density at radius 2 is 1.84 bits per heavy atom. The summed E-state index contributed by atoms with van der Waals surface area (Å²) in [6.07, 6.45) is 0. The van der Waals surface area contributed by atoms with Crippen LogP contribution in [0.1, 0.15) is 39.2 Å². The van der Waals surface area contributed by atoms with Crippen molar-refractivity contribution in [3.05, 3.63) is 33.0 Å². The maximum atomic E-state index is 14.1. The van der Waals surface area contributed by atoms with Crippen LogP contribution < -0.4 is 5.32 Å². The third-order valence-corrected chi connectivity index (χ3v) is 4.69. The van der Waals surface area contributed by atoms with E-state index < -0.39 is 0 Å². The van der Waals surface area contributed by atoms with Gasteiger partial charge in [0.2, 0.25) is 0 Å². The number of benzene rings is 1. The summed E-state index contributed by atoms with van der Waals surface area (Å²) in [6, 6.07) is 3.63. The summed E-state index contributed by atoms with van der Waals surface area (Å²) < 4.78 is 14.7. The van der Waals surface area contributed by atoms with Crippen LogP contribution in [-0.4, -0.2) is 13.1 Å². The Morgan fingerprint density at radius 1 is 1.21 bits per heavy atom. The average Bonchev–Trinajstić information content (AvgIpc) is 2.35. The van der Waals surface area contributed by atoms with Crippen molar-refractivity contribution in [3.8, 4) is 0 Å². The van der Waals surface area contributed by atoms with Gasteiger partial charge < -0.3 is 5.32 Å². The lowest BCUT2D eigenvalue weighted by molar-refractivity contribution is 0.419. The van der Waals surface area contributed by atoms with Crippen LogP contribution >= 0.6 is 27.5 Å². The number of nitrogens with one attached hydrogen (secondary N) is 1. The highest BCUT2D eigenvalue weighted by Crippen LogP contribution is 2.33. The van der Waals surface area contributed by atoms with Crippen LogP contribution in [0.25, 0.3) is 0 Å². The average molecular weight is 351 g/mol. The SMILES string of the molecule is CC(C)CNCC(C)C(C)c1ccc(Br)c(Cl)c1F. The minimum absolute atomic E-state index is 0.130. The molecule has 1 aromatic rings. The first-order valence-corrected chi connectivity index (χ1v) is 7.85. The van der Waals surface area contributed by atoms with Crippen LogP contribution in [0.15, 0.2) is 16.6 Å². The third kappa shape index (κ3) is 4.73. The second-order valence-electron chi connectivity index (χ2n) is 5.58. The zero-order valence-corrected chi connectivity index (χ0v) is 14.3. The number of halogens is 3. The molecule has 0 saturated heterocycles. The molecule has 1 aromatic carbocycles. The molecule has 1 nitrogen and oxygen atoms in total. The van der Waals surface area contributed by atoms with Crippen LogP contribution in [0.3, 0.4) is 0 Å². The van der Waals surface area contributed by atoms with Crippen molar-refractivity contribution in [1.82, 2.24) is 5.32 Å². The Bertz CT molecular complexity index is 423. The Kier molecular flexibility index (Phi) is 6.78. The first-order chi connectivity index (χ1) is 8.84. The molecule has 108 valence electrons. The fourth-order valence-electron chi connectivity index (χ4n) is 1.98. The lowest BCUT2D eigenvalue weighted by atomic mass is 9.88. The summed E-state index contributed by atoms with van der Waals surface area (Å²) in [5, 5.41) is 3.59. The van der Waals surface area contributed by atoms with Crippen LogP contribution in [0.4, 0.5) is 4.39 Å². The Hall–Kier alpha value is -0.120. The quantitative estimate of drug-likeness (QED) is 0.693. The van der Waals surface area contributed by atoms with Gasteiger partial charge in [-0.2, -0.15) is 0 Å². The summed E-state index contributed by atoms with van der Waals surface area (Å²) in [5.74, 6) is 0.802. The molecule has 19 heavy (non-hydrogen) atoms. The van der Waals surface area contributed by atoms with Crippen LogP contribution in [0, 0.1) is 17.7 Å². The summed E-state index contributed by atoms with van der Waals surface area (Å²) in [6.45, 7) is 10.4. The molecule has 0 aliphatic carbocycles. The predicted octanol–water partition coefficient (Wildman–Crippen LogP) is 5.23. The van der Waals surface area contributed by atoms with E-state index in [-0.39, 0.29) is 16.8 Å².